The van der Waals surface area contributed by atoms with Gasteiger partial charge in [0.25, 0.3) is 0 Å². The Morgan fingerprint density at radius 2 is 1.37 bits per heavy atom. The van der Waals surface area contributed by atoms with Crippen molar-refractivity contribution in [1.82, 2.24) is 0 Å². The molecule has 1 unspecified atom stereocenters. The Balaban J connectivity index is 2.19. The summed E-state index contributed by atoms with van der Waals surface area (Å²) in [5, 5.41) is 9.55. The lowest BCUT2D eigenvalue weighted by Crippen LogP contribution is -2.26. The molecule has 2 aromatic rings. The molecule has 3 N–H and O–H groups in total. The molecule has 0 amide bonds. The van der Waals surface area contributed by atoms with Gasteiger partial charge in [-0.15, -0.1) is 0 Å². The van der Waals surface area contributed by atoms with E-state index in [0.29, 0.717) is 0 Å². The standard InChI is InChI=1S/C16H19NO2/c17-11-15(18)12-19-16(13-7-3-1-4-8-13)14-9-5-2-6-10-14/h1-10,15-16,18H,11-12,17H2. The molecule has 3 nitrogen and oxygen atoms in total. The zero-order valence-electron chi connectivity index (χ0n) is 10.8. The van der Waals surface area contributed by atoms with Crippen LogP contribution >= 0.6 is 0 Å². The zero-order valence-corrected chi connectivity index (χ0v) is 10.8. The fourth-order valence-electron chi connectivity index (χ4n) is 1.92. The minimum atomic E-state index is -0.630. The number of aliphatic hydroxyl groups excluding tert-OH is 1. The third-order valence-electron chi connectivity index (χ3n) is 2.93. The van der Waals surface area contributed by atoms with Gasteiger partial charge in [0.1, 0.15) is 6.10 Å². The minimum absolute atomic E-state index is 0.177. The first-order chi connectivity index (χ1) is 9.31. The lowest BCUT2D eigenvalue weighted by Gasteiger charge is -2.20. The predicted octanol–water partition coefficient (Wildman–Crippen LogP) is 2.11. The summed E-state index contributed by atoms with van der Waals surface area (Å²) in [5.74, 6) is 0. The van der Waals surface area contributed by atoms with Crippen molar-refractivity contribution in [2.45, 2.75) is 12.2 Å². The Morgan fingerprint density at radius 3 is 1.79 bits per heavy atom. The molecule has 2 rings (SSSR count). The van der Waals surface area contributed by atoms with Crippen LogP contribution < -0.4 is 5.73 Å². The van der Waals surface area contributed by atoms with Crippen LogP contribution in [0.1, 0.15) is 17.2 Å². The van der Waals surface area contributed by atoms with Crippen LogP contribution in [0.25, 0.3) is 0 Å². The molecule has 0 fully saturated rings. The van der Waals surface area contributed by atoms with E-state index in [1.165, 1.54) is 0 Å². The van der Waals surface area contributed by atoms with E-state index in [1.54, 1.807) is 0 Å². The smallest absolute Gasteiger partial charge is 0.108 e. The van der Waals surface area contributed by atoms with Gasteiger partial charge >= 0.3 is 0 Å². The van der Waals surface area contributed by atoms with Crippen molar-refractivity contribution in [2.75, 3.05) is 13.2 Å². The maximum absolute atomic E-state index is 9.55. The van der Waals surface area contributed by atoms with Gasteiger partial charge in [-0.2, -0.15) is 0 Å². The number of aliphatic hydroxyl groups is 1. The molecule has 0 aliphatic carbocycles. The summed E-state index contributed by atoms with van der Waals surface area (Å²) in [6.07, 6.45) is -0.807. The van der Waals surface area contributed by atoms with Gasteiger partial charge in [0, 0.05) is 6.54 Å². The van der Waals surface area contributed by atoms with Gasteiger partial charge in [0.15, 0.2) is 0 Å². The molecule has 2 aromatic carbocycles. The highest BCUT2D eigenvalue weighted by atomic mass is 16.5. The van der Waals surface area contributed by atoms with Crippen molar-refractivity contribution >= 4 is 0 Å². The largest absolute Gasteiger partial charge is 0.389 e. The summed E-state index contributed by atoms with van der Waals surface area (Å²) in [7, 11) is 0. The monoisotopic (exact) mass is 257 g/mol. The number of ether oxygens (including phenoxy) is 1. The molecule has 0 aliphatic rings. The highest BCUT2D eigenvalue weighted by molar-refractivity contribution is 5.29. The first kappa shape index (κ1) is 13.7. The van der Waals surface area contributed by atoms with Crippen molar-refractivity contribution in [2.24, 2.45) is 5.73 Å². The summed E-state index contributed by atoms with van der Waals surface area (Å²) in [6.45, 7) is 0.432. The molecule has 0 aliphatic heterocycles. The fraction of sp³-hybridized carbons (Fsp3) is 0.250. The SMILES string of the molecule is NCC(O)COC(c1ccccc1)c1ccccc1. The third kappa shape index (κ3) is 3.89. The molecule has 3 heteroatoms. The average molecular weight is 257 g/mol. The fourth-order valence-corrected chi connectivity index (χ4v) is 1.92. The second-order valence-electron chi connectivity index (χ2n) is 4.42. The van der Waals surface area contributed by atoms with E-state index in [0.717, 1.165) is 11.1 Å². The van der Waals surface area contributed by atoms with Crippen LogP contribution in [0.4, 0.5) is 0 Å². The number of benzene rings is 2. The van der Waals surface area contributed by atoms with Gasteiger partial charge in [0.2, 0.25) is 0 Å². The molecule has 1 atom stereocenters. The van der Waals surface area contributed by atoms with Crippen molar-refractivity contribution in [3.63, 3.8) is 0 Å². The van der Waals surface area contributed by atoms with E-state index < -0.39 is 6.10 Å². The molecule has 0 aromatic heterocycles. The second kappa shape index (κ2) is 7.04. The Labute approximate surface area is 113 Å². The third-order valence-corrected chi connectivity index (χ3v) is 2.93. The maximum atomic E-state index is 9.55. The Morgan fingerprint density at radius 1 is 0.895 bits per heavy atom. The highest BCUT2D eigenvalue weighted by Crippen LogP contribution is 2.25. The van der Waals surface area contributed by atoms with E-state index in [-0.39, 0.29) is 19.3 Å². The summed E-state index contributed by atoms with van der Waals surface area (Å²) >= 11 is 0. The average Bonchev–Trinajstić information content (AvgIpc) is 2.49. The Kier molecular flexibility index (Phi) is 5.10. The van der Waals surface area contributed by atoms with Crippen LogP contribution in [0, 0.1) is 0 Å². The molecule has 0 saturated carbocycles. The van der Waals surface area contributed by atoms with Crippen molar-refractivity contribution in [3.05, 3.63) is 71.8 Å². The van der Waals surface area contributed by atoms with Crippen LogP contribution in [-0.2, 0) is 4.74 Å². The summed E-state index contributed by atoms with van der Waals surface area (Å²) in [5.41, 5.74) is 7.54. The van der Waals surface area contributed by atoms with Crippen LogP contribution in [0.3, 0.4) is 0 Å². The summed E-state index contributed by atoms with van der Waals surface area (Å²) in [4.78, 5) is 0. The molecule has 19 heavy (non-hydrogen) atoms. The van der Waals surface area contributed by atoms with Gasteiger partial charge in [-0.1, -0.05) is 60.7 Å². The molecule has 0 saturated heterocycles. The quantitative estimate of drug-likeness (QED) is 0.833. The lowest BCUT2D eigenvalue weighted by atomic mass is 10.0. The summed E-state index contributed by atoms with van der Waals surface area (Å²) < 4.78 is 5.84. The van der Waals surface area contributed by atoms with Crippen molar-refractivity contribution in [1.29, 1.82) is 0 Å². The highest BCUT2D eigenvalue weighted by Gasteiger charge is 2.15. The Bertz CT molecular complexity index is 433. The first-order valence-electron chi connectivity index (χ1n) is 6.41. The predicted molar refractivity (Wildman–Crippen MR) is 75.7 cm³/mol. The van der Waals surface area contributed by atoms with Crippen LogP contribution in [0.2, 0.25) is 0 Å². The number of rotatable bonds is 6. The molecular formula is C16H19NO2. The van der Waals surface area contributed by atoms with Crippen LogP contribution in [0.5, 0.6) is 0 Å². The van der Waals surface area contributed by atoms with E-state index >= 15 is 0 Å². The molecule has 0 radical (unpaired) electrons. The second-order valence-corrected chi connectivity index (χ2v) is 4.42. The van der Waals surface area contributed by atoms with Gasteiger partial charge in [-0.3, -0.25) is 0 Å². The molecule has 100 valence electrons. The van der Waals surface area contributed by atoms with E-state index in [4.69, 9.17) is 10.5 Å². The van der Waals surface area contributed by atoms with Gasteiger partial charge in [0.05, 0.1) is 12.7 Å². The van der Waals surface area contributed by atoms with Gasteiger partial charge < -0.3 is 15.6 Å². The van der Waals surface area contributed by atoms with E-state index in [9.17, 15) is 5.11 Å². The normalized spacial score (nSPS) is 12.6. The number of nitrogens with two attached hydrogens (primary N) is 1. The lowest BCUT2D eigenvalue weighted by molar-refractivity contribution is 0.00985. The first-order valence-corrected chi connectivity index (χ1v) is 6.41. The topological polar surface area (TPSA) is 55.5 Å². The van der Waals surface area contributed by atoms with Crippen LogP contribution in [-0.4, -0.2) is 24.4 Å². The van der Waals surface area contributed by atoms with Crippen LogP contribution in [0.15, 0.2) is 60.7 Å². The van der Waals surface area contributed by atoms with Gasteiger partial charge in [-0.25, -0.2) is 0 Å². The number of hydrogen-bond donors (Lipinski definition) is 2. The molecule has 0 bridgehead atoms. The number of hydrogen-bond acceptors (Lipinski definition) is 3. The van der Waals surface area contributed by atoms with Crippen molar-refractivity contribution < 1.29 is 9.84 Å². The van der Waals surface area contributed by atoms with E-state index in [2.05, 4.69) is 0 Å². The summed E-state index contributed by atoms with van der Waals surface area (Å²) in [6, 6.07) is 19.9. The Hall–Kier alpha value is -1.68. The van der Waals surface area contributed by atoms with Crippen molar-refractivity contribution in [3.8, 4) is 0 Å². The molecular weight excluding hydrogens is 238 g/mol. The molecule has 0 spiro atoms. The molecule has 0 heterocycles. The zero-order chi connectivity index (χ0) is 13.5. The maximum Gasteiger partial charge on any atom is 0.108 e. The van der Waals surface area contributed by atoms with E-state index in [1.807, 2.05) is 60.7 Å². The minimum Gasteiger partial charge on any atom is -0.389 e. The van der Waals surface area contributed by atoms with Gasteiger partial charge in [-0.05, 0) is 11.1 Å².